The van der Waals surface area contributed by atoms with Crippen molar-refractivity contribution >= 4 is 34.3 Å². The lowest BCUT2D eigenvalue weighted by Gasteiger charge is -2.18. The van der Waals surface area contributed by atoms with Crippen LogP contribution in [-0.4, -0.2) is 22.9 Å². The maximum Gasteiger partial charge on any atom is 0.262 e. The van der Waals surface area contributed by atoms with Gasteiger partial charge in [0.15, 0.2) is 6.61 Å². The van der Waals surface area contributed by atoms with E-state index in [0.717, 1.165) is 33.9 Å². The third-order valence-electron chi connectivity index (χ3n) is 5.16. The maximum absolute atomic E-state index is 11.7. The Balaban J connectivity index is 1.80. The van der Waals surface area contributed by atoms with Crippen molar-refractivity contribution in [1.82, 2.24) is 4.68 Å². The van der Waals surface area contributed by atoms with Crippen LogP contribution in [0.3, 0.4) is 0 Å². The number of rotatable bonds is 5. The standard InChI is InChI=1S/C24H26N4O2S/c1-5-16(4)27-28-21(18-8-11-22-20(12-18)26-23(29)13-30-22)14-31-24(28)25-19-9-6-17(7-10-19)15(2)3/h6-12,14-15H,5,13H2,1-4H3,(H,26,29). The van der Waals surface area contributed by atoms with Gasteiger partial charge in [-0.15, -0.1) is 11.3 Å². The van der Waals surface area contributed by atoms with E-state index in [9.17, 15) is 4.79 Å². The third kappa shape index (κ3) is 4.61. The van der Waals surface area contributed by atoms with Crippen LogP contribution in [0.2, 0.25) is 0 Å². The Kier molecular flexibility index (Phi) is 6.04. The Morgan fingerprint density at radius 2 is 2.00 bits per heavy atom. The normalized spacial score (nSPS) is 14.4. The first-order valence-electron chi connectivity index (χ1n) is 10.4. The highest BCUT2D eigenvalue weighted by Gasteiger charge is 2.18. The number of nitrogens with one attached hydrogen (secondary N) is 1. The van der Waals surface area contributed by atoms with E-state index >= 15 is 0 Å². The molecule has 0 saturated heterocycles. The molecule has 0 aliphatic carbocycles. The lowest BCUT2D eigenvalue weighted by molar-refractivity contribution is -0.118. The van der Waals surface area contributed by atoms with Crippen LogP contribution in [0.4, 0.5) is 11.4 Å². The fourth-order valence-corrected chi connectivity index (χ4v) is 4.05. The summed E-state index contributed by atoms with van der Waals surface area (Å²) in [5, 5.41) is 9.73. The van der Waals surface area contributed by atoms with E-state index in [-0.39, 0.29) is 12.5 Å². The van der Waals surface area contributed by atoms with Gasteiger partial charge in [0.1, 0.15) is 5.75 Å². The minimum absolute atomic E-state index is 0.0451. The zero-order chi connectivity index (χ0) is 22.0. The van der Waals surface area contributed by atoms with Crippen LogP contribution in [0.1, 0.15) is 45.6 Å². The summed E-state index contributed by atoms with van der Waals surface area (Å²) >= 11 is 1.54. The quantitative estimate of drug-likeness (QED) is 0.536. The van der Waals surface area contributed by atoms with E-state index in [1.54, 1.807) is 0 Å². The Morgan fingerprint density at radius 1 is 1.23 bits per heavy atom. The second kappa shape index (κ2) is 8.89. The summed E-state index contributed by atoms with van der Waals surface area (Å²) in [6.45, 7) is 8.50. The SMILES string of the molecule is CCC(C)=Nn1c(-c2ccc3c(c2)NC(=O)CO3)csc1=Nc1ccc(C(C)C)cc1. The number of hydrogen-bond donors (Lipinski definition) is 1. The third-order valence-corrected chi connectivity index (χ3v) is 5.98. The molecule has 0 saturated carbocycles. The summed E-state index contributed by atoms with van der Waals surface area (Å²) in [6.07, 6.45) is 0.846. The highest BCUT2D eigenvalue weighted by atomic mass is 32.1. The van der Waals surface area contributed by atoms with Crippen LogP contribution in [0.25, 0.3) is 11.3 Å². The Hall–Kier alpha value is -3.19. The zero-order valence-electron chi connectivity index (χ0n) is 18.2. The van der Waals surface area contributed by atoms with E-state index < -0.39 is 0 Å². The van der Waals surface area contributed by atoms with Crippen LogP contribution in [0, 0.1) is 0 Å². The van der Waals surface area contributed by atoms with Gasteiger partial charge in [0, 0.05) is 16.7 Å². The summed E-state index contributed by atoms with van der Waals surface area (Å²) in [7, 11) is 0. The summed E-state index contributed by atoms with van der Waals surface area (Å²) < 4.78 is 7.37. The molecule has 0 bridgehead atoms. The molecular weight excluding hydrogens is 408 g/mol. The van der Waals surface area contributed by atoms with Crippen molar-refractivity contribution in [2.45, 2.75) is 40.0 Å². The monoisotopic (exact) mass is 434 g/mol. The Labute approximate surface area is 185 Å². The van der Waals surface area contributed by atoms with Gasteiger partial charge >= 0.3 is 0 Å². The van der Waals surface area contributed by atoms with Crippen LogP contribution in [0.5, 0.6) is 5.75 Å². The molecule has 0 radical (unpaired) electrons. The summed E-state index contributed by atoms with van der Waals surface area (Å²) in [5.74, 6) is 1.01. The molecule has 31 heavy (non-hydrogen) atoms. The van der Waals surface area contributed by atoms with Gasteiger partial charge in [0.2, 0.25) is 4.80 Å². The lowest BCUT2D eigenvalue weighted by Crippen LogP contribution is -2.25. The number of amides is 1. The van der Waals surface area contributed by atoms with Crippen molar-refractivity contribution in [2.24, 2.45) is 10.1 Å². The van der Waals surface area contributed by atoms with Gasteiger partial charge in [-0.1, -0.05) is 32.9 Å². The number of fused-ring (bicyclic) bond motifs is 1. The first-order valence-corrected chi connectivity index (χ1v) is 11.3. The van der Waals surface area contributed by atoms with E-state index in [4.69, 9.17) is 14.8 Å². The zero-order valence-corrected chi connectivity index (χ0v) is 19.0. The van der Waals surface area contributed by atoms with Crippen molar-refractivity contribution in [3.8, 4) is 17.0 Å². The maximum atomic E-state index is 11.7. The smallest absolute Gasteiger partial charge is 0.262 e. The van der Waals surface area contributed by atoms with Crippen LogP contribution in [-0.2, 0) is 4.79 Å². The van der Waals surface area contributed by atoms with E-state index in [1.807, 2.05) is 47.3 Å². The molecule has 1 aliphatic rings. The number of benzene rings is 2. The number of anilines is 1. The topological polar surface area (TPSA) is 68.0 Å². The van der Waals surface area contributed by atoms with Crippen molar-refractivity contribution in [2.75, 3.05) is 11.9 Å². The number of ether oxygens (including phenoxy) is 1. The predicted molar refractivity (Wildman–Crippen MR) is 126 cm³/mol. The summed E-state index contributed by atoms with van der Waals surface area (Å²) in [4.78, 5) is 17.4. The molecule has 6 nitrogen and oxygen atoms in total. The second-order valence-corrected chi connectivity index (χ2v) is 8.65. The largest absolute Gasteiger partial charge is 0.482 e. The number of carbonyl (C=O) groups is 1. The highest BCUT2D eigenvalue weighted by Crippen LogP contribution is 2.33. The van der Waals surface area contributed by atoms with Gasteiger partial charge in [-0.25, -0.2) is 9.67 Å². The van der Waals surface area contributed by atoms with E-state index in [0.29, 0.717) is 17.4 Å². The first-order chi connectivity index (χ1) is 14.9. The summed E-state index contributed by atoms with van der Waals surface area (Å²) in [6, 6.07) is 14.1. The van der Waals surface area contributed by atoms with Gasteiger partial charge in [-0.2, -0.15) is 5.10 Å². The molecular formula is C24H26N4O2S. The molecule has 1 aromatic heterocycles. The number of thiazole rings is 1. The number of aromatic nitrogens is 1. The highest BCUT2D eigenvalue weighted by molar-refractivity contribution is 7.07. The number of hydrogen-bond acceptors (Lipinski definition) is 5. The minimum Gasteiger partial charge on any atom is -0.482 e. The molecule has 3 aromatic rings. The molecule has 7 heteroatoms. The van der Waals surface area contributed by atoms with E-state index in [1.165, 1.54) is 16.9 Å². The van der Waals surface area contributed by atoms with Gasteiger partial charge in [-0.05, 0) is 55.2 Å². The fourth-order valence-electron chi connectivity index (χ4n) is 3.20. The van der Waals surface area contributed by atoms with Gasteiger partial charge in [0.05, 0.1) is 17.1 Å². The van der Waals surface area contributed by atoms with Crippen molar-refractivity contribution in [1.29, 1.82) is 0 Å². The molecule has 0 atom stereocenters. The van der Waals surface area contributed by atoms with Crippen molar-refractivity contribution in [3.63, 3.8) is 0 Å². The van der Waals surface area contributed by atoms with Gasteiger partial charge in [0.25, 0.3) is 5.91 Å². The molecule has 2 heterocycles. The predicted octanol–water partition coefficient (Wildman–Crippen LogP) is 5.54. The first kappa shape index (κ1) is 21.1. The average molecular weight is 435 g/mol. The molecule has 1 amide bonds. The molecule has 2 aromatic carbocycles. The summed E-state index contributed by atoms with van der Waals surface area (Å²) in [5.41, 5.74) is 5.71. The second-order valence-electron chi connectivity index (χ2n) is 7.81. The molecule has 4 rings (SSSR count). The number of nitrogens with zero attached hydrogens (tertiary/aromatic N) is 3. The van der Waals surface area contributed by atoms with Crippen molar-refractivity contribution in [3.05, 3.63) is 58.2 Å². The van der Waals surface area contributed by atoms with Gasteiger partial charge in [-0.3, -0.25) is 4.79 Å². The minimum atomic E-state index is -0.150. The number of carbonyl (C=O) groups excluding carboxylic acids is 1. The fraction of sp³-hybridized carbons (Fsp3) is 0.292. The van der Waals surface area contributed by atoms with Crippen molar-refractivity contribution < 1.29 is 9.53 Å². The van der Waals surface area contributed by atoms with Crippen LogP contribution < -0.4 is 14.9 Å². The van der Waals surface area contributed by atoms with E-state index in [2.05, 4.69) is 38.2 Å². The Morgan fingerprint density at radius 3 is 2.71 bits per heavy atom. The molecule has 0 fully saturated rings. The lowest BCUT2D eigenvalue weighted by atomic mass is 10.0. The molecule has 1 N–H and O–H groups in total. The molecule has 0 spiro atoms. The Bertz CT molecular complexity index is 1200. The molecule has 1 aliphatic heterocycles. The molecule has 160 valence electrons. The average Bonchev–Trinajstić information content (AvgIpc) is 3.15. The van der Waals surface area contributed by atoms with Crippen LogP contribution in [0.15, 0.2) is 57.9 Å². The van der Waals surface area contributed by atoms with Crippen LogP contribution >= 0.6 is 11.3 Å². The molecule has 0 unspecified atom stereocenters. The van der Waals surface area contributed by atoms with Gasteiger partial charge < -0.3 is 10.1 Å².